The van der Waals surface area contributed by atoms with Gasteiger partial charge in [-0.1, -0.05) is 78.4 Å². The van der Waals surface area contributed by atoms with Gasteiger partial charge < -0.3 is 36.1 Å². The van der Waals surface area contributed by atoms with Crippen molar-refractivity contribution in [1.29, 1.82) is 0 Å². The fraction of sp³-hybridized carbons (Fsp3) is 0.523. The molecule has 0 spiro atoms. The molecule has 1 saturated carbocycles. The molecule has 0 radical (unpaired) electrons. The second-order valence-electron chi connectivity index (χ2n) is 15.9. The highest BCUT2D eigenvalue weighted by molar-refractivity contribution is 5.90. The zero-order valence-corrected chi connectivity index (χ0v) is 34.2. The van der Waals surface area contributed by atoms with Crippen molar-refractivity contribution in [1.82, 2.24) is 41.2 Å². The van der Waals surface area contributed by atoms with Gasteiger partial charge in [0.1, 0.15) is 17.8 Å². The second-order valence-corrected chi connectivity index (χ2v) is 15.9. The lowest BCUT2D eigenvalue weighted by molar-refractivity contribution is -0.134. The first-order valence-electron chi connectivity index (χ1n) is 20.7. The molecule has 14 nitrogen and oxygen atoms in total. The van der Waals surface area contributed by atoms with E-state index in [1.54, 1.807) is 42.9 Å². The van der Waals surface area contributed by atoms with Crippen molar-refractivity contribution < 1.29 is 29.0 Å². The Balaban J connectivity index is 1.29. The number of benzene rings is 1. The summed E-state index contributed by atoms with van der Waals surface area (Å²) in [5.41, 5.74) is 2.08. The number of nitrogens with zero attached hydrogens (tertiary/aromatic N) is 3. The van der Waals surface area contributed by atoms with Gasteiger partial charge in [-0.25, -0.2) is 4.98 Å². The Hall–Kier alpha value is -5.37. The van der Waals surface area contributed by atoms with Gasteiger partial charge in [-0.2, -0.15) is 0 Å². The third kappa shape index (κ3) is 12.8. The Morgan fingerprint density at radius 3 is 2.40 bits per heavy atom. The summed E-state index contributed by atoms with van der Waals surface area (Å²) in [6.45, 7) is 7.62. The number of fused-ring (bicyclic) bond motifs is 1. The maximum absolute atomic E-state index is 14.2. The number of carbonyl (C=O) groups excluding carboxylic acids is 4. The number of rotatable bonds is 21. The summed E-state index contributed by atoms with van der Waals surface area (Å²) in [6, 6.07) is 12.1. The molecule has 58 heavy (non-hydrogen) atoms. The van der Waals surface area contributed by atoms with Crippen LogP contribution in [0.25, 0.3) is 10.9 Å². The number of hydrogen-bond donors (Lipinski definition) is 6. The number of aliphatic hydroxyl groups excluding tert-OH is 1. The van der Waals surface area contributed by atoms with E-state index in [-0.39, 0.29) is 55.6 Å². The first-order chi connectivity index (χ1) is 28.0. The van der Waals surface area contributed by atoms with Crippen LogP contribution in [0.2, 0.25) is 0 Å². The van der Waals surface area contributed by atoms with Gasteiger partial charge in [0.2, 0.25) is 17.7 Å². The van der Waals surface area contributed by atoms with E-state index in [4.69, 9.17) is 4.74 Å². The Kier molecular flexibility index (Phi) is 16.6. The number of ether oxygens (including phenoxy) is 1. The van der Waals surface area contributed by atoms with Crippen molar-refractivity contribution in [2.75, 3.05) is 6.61 Å². The highest BCUT2D eigenvalue weighted by atomic mass is 16.5. The van der Waals surface area contributed by atoms with Gasteiger partial charge in [-0.3, -0.25) is 29.1 Å². The lowest BCUT2D eigenvalue weighted by atomic mass is 9.81. The lowest BCUT2D eigenvalue weighted by Crippen LogP contribution is -2.55. The molecule has 3 aromatic heterocycles. The van der Waals surface area contributed by atoms with Gasteiger partial charge in [0.05, 0.1) is 36.2 Å². The summed E-state index contributed by atoms with van der Waals surface area (Å²) < 4.78 is 5.89. The minimum absolute atomic E-state index is 0.0647. The fourth-order valence-corrected chi connectivity index (χ4v) is 7.64. The standard InChI is InChI=1S/C44H60N8O6/c1-5-29(4)41(44(57)48-25-31-15-9-10-19-46-31)52-42(55)34(28(2)3)23-38(53)36(21-30-13-7-6-8-14-30)51-43(56)37(22-32-24-45-27-49-32)50-40(54)26-58-39-18-11-17-35-33(39)16-12-20-47-35/h9-12,15-20,24,27-30,34,36-38,41,53H,5-8,13-14,21-23,25-26H2,1-4H3,(H,45,49)(H,48,57)(H,50,54)(H,51,56)(H,52,55)/t29-,34-,36-,37-,38-,41-/m0/s1. The molecule has 0 unspecified atom stereocenters. The topological polar surface area (TPSA) is 200 Å². The normalized spacial score (nSPS) is 16.4. The number of nitrogens with one attached hydrogen (secondary N) is 5. The summed E-state index contributed by atoms with van der Waals surface area (Å²) in [4.78, 5) is 70.8. The van der Waals surface area contributed by atoms with Crippen molar-refractivity contribution >= 4 is 34.5 Å². The summed E-state index contributed by atoms with van der Waals surface area (Å²) in [7, 11) is 0. The Bertz CT molecular complexity index is 1900. The van der Waals surface area contributed by atoms with Crippen LogP contribution >= 0.6 is 0 Å². The van der Waals surface area contributed by atoms with Crippen molar-refractivity contribution in [3.05, 3.63) is 84.8 Å². The van der Waals surface area contributed by atoms with Gasteiger partial charge in [0, 0.05) is 42.0 Å². The van der Waals surface area contributed by atoms with Crippen molar-refractivity contribution in [2.45, 2.75) is 116 Å². The molecule has 4 amide bonds. The highest BCUT2D eigenvalue weighted by Crippen LogP contribution is 2.30. The summed E-state index contributed by atoms with van der Waals surface area (Å²) in [6.07, 6.45) is 12.0. The number of pyridine rings is 2. The van der Waals surface area contributed by atoms with Crippen LogP contribution in [0.4, 0.5) is 0 Å². The molecule has 5 rings (SSSR count). The maximum atomic E-state index is 14.2. The lowest BCUT2D eigenvalue weighted by Gasteiger charge is -2.34. The second kappa shape index (κ2) is 22.0. The smallest absolute Gasteiger partial charge is 0.258 e. The molecule has 1 aliphatic rings. The number of aromatic nitrogens is 4. The van der Waals surface area contributed by atoms with Gasteiger partial charge in [-0.15, -0.1) is 0 Å². The highest BCUT2D eigenvalue weighted by Gasteiger charge is 2.36. The molecule has 3 heterocycles. The first-order valence-corrected chi connectivity index (χ1v) is 20.7. The molecule has 1 aliphatic carbocycles. The number of imidazole rings is 1. The van der Waals surface area contributed by atoms with Crippen molar-refractivity contribution in [3.8, 4) is 5.75 Å². The zero-order chi connectivity index (χ0) is 41.4. The predicted molar refractivity (Wildman–Crippen MR) is 221 cm³/mol. The number of H-pyrrole nitrogens is 1. The van der Waals surface area contributed by atoms with Crippen molar-refractivity contribution in [2.24, 2.45) is 23.7 Å². The Labute approximate surface area is 341 Å². The van der Waals surface area contributed by atoms with Gasteiger partial charge in [0.15, 0.2) is 6.61 Å². The average molecular weight is 797 g/mol. The van der Waals surface area contributed by atoms with Crippen LogP contribution in [0.5, 0.6) is 5.75 Å². The largest absolute Gasteiger partial charge is 0.483 e. The molecule has 312 valence electrons. The van der Waals surface area contributed by atoms with E-state index < -0.39 is 42.0 Å². The van der Waals surface area contributed by atoms with Crippen LogP contribution in [0.1, 0.15) is 90.4 Å². The van der Waals surface area contributed by atoms with Crippen LogP contribution in [0.15, 0.2) is 73.4 Å². The fourth-order valence-electron chi connectivity index (χ4n) is 7.64. The van der Waals surface area contributed by atoms with Gasteiger partial charge in [-0.05, 0) is 67.0 Å². The molecule has 1 aromatic carbocycles. The van der Waals surface area contributed by atoms with Crippen LogP contribution in [0, 0.1) is 23.7 Å². The van der Waals surface area contributed by atoms with E-state index in [0.717, 1.165) is 43.0 Å². The molecule has 14 heteroatoms. The molecule has 0 bridgehead atoms. The number of carbonyl (C=O) groups is 4. The Morgan fingerprint density at radius 2 is 1.69 bits per heavy atom. The molecule has 0 aliphatic heterocycles. The van der Waals surface area contributed by atoms with E-state index in [1.165, 1.54) is 6.33 Å². The van der Waals surface area contributed by atoms with E-state index in [9.17, 15) is 24.3 Å². The first kappa shape index (κ1) is 43.7. The SMILES string of the molecule is CC[C@H](C)[C@H](NC(=O)[C@@H](C[C@H](O)[C@H](CC1CCCCC1)NC(=O)[C@H](Cc1cnc[nH]1)NC(=O)COc1cccc2ncccc12)C(C)C)C(=O)NCc1ccccn1. The number of aromatic amines is 1. The molecular weight excluding hydrogens is 737 g/mol. The molecule has 6 N–H and O–H groups in total. The summed E-state index contributed by atoms with van der Waals surface area (Å²) >= 11 is 0. The number of hydrogen-bond acceptors (Lipinski definition) is 9. The number of aliphatic hydroxyl groups is 1. The van der Waals surface area contributed by atoms with Crippen LogP contribution in [-0.2, 0) is 32.1 Å². The third-order valence-corrected chi connectivity index (χ3v) is 11.3. The third-order valence-electron chi connectivity index (χ3n) is 11.3. The van der Waals surface area contributed by atoms with Gasteiger partial charge >= 0.3 is 0 Å². The molecule has 4 aromatic rings. The van der Waals surface area contributed by atoms with Crippen LogP contribution in [0.3, 0.4) is 0 Å². The maximum Gasteiger partial charge on any atom is 0.258 e. The predicted octanol–water partition coefficient (Wildman–Crippen LogP) is 4.78. The minimum Gasteiger partial charge on any atom is -0.483 e. The molecular formula is C44H60N8O6. The van der Waals surface area contributed by atoms with Crippen LogP contribution in [-0.4, -0.2) is 79.5 Å². The zero-order valence-electron chi connectivity index (χ0n) is 34.2. The van der Waals surface area contributed by atoms with E-state index in [1.807, 2.05) is 52.0 Å². The van der Waals surface area contributed by atoms with Gasteiger partial charge in [0.25, 0.3) is 5.91 Å². The van der Waals surface area contributed by atoms with E-state index in [0.29, 0.717) is 30.0 Å². The van der Waals surface area contributed by atoms with Crippen LogP contribution < -0.4 is 26.0 Å². The average Bonchev–Trinajstić information content (AvgIpc) is 3.76. The quantitative estimate of drug-likeness (QED) is 0.0687. The molecule has 1 fully saturated rings. The summed E-state index contributed by atoms with van der Waals surface area (Å²) in [5, 5.41) is 24.6. The molecule has 6 atom stereocenters. The minimum atomic E-state index is -1.09. The summed E-state index contributed by atoms with van der Waals surface area (Å²) in [5.74, 6) is -1.81. The molecule has 0 saturated heterocycles. The van der Waals surface area contributed by atoms with Crippen molar-refractivity contribution in [3.63, 3.8) is 0 Å². The Morgan fingerprint density at radius 1 is 0.897 bits per heavy atom. The number of amides is 4. The monoisotopic (exact) mass is 796 g/mol. The van der Waals surface area contributed by atoms with E-state index >= 15 is 0 Å². The van der Waals surface area contributed by atoms with E-state index in [2.05, 4.69) is 41.2 Å².